The summed E-state index contributed by atoms with van der Waals surface area (Å²) in [6.07, 6.45) is 0. The van der Waals surface area contributed by atoms with E-state index in [9.17, 15) is 4.79 Å². The lowest BCUT2D eigenvalue weighted by molar-refractivity contribution is -0.120. The van der Waals surface area contributed by atoms with Crippen molar-refractivity contribution in [3.63, 3.8) is 0 Å². The summed E-state index contributed by atoms with van der Waals surface area (Å²) in [7, 11) is 0. The number of nitrogens with two attached hydrogens (primary N) is 1. The summed E-state index contributed by atoms with van der Waals surface area (Å²) < 4.78 is 0.947. The first kappa shape index (κ1) is 13.2. The van der Waals surface area contributed by atoms with E-state index in [1.165, 1.54) is 0 Å². The van der Waals surface area contributed by atoms with Gasteiger partial charge >= 0.3 is 0 Å². The first-order chi connectivity index (χ1) is 7.50. The van der Waals surface area contributed by atoms with Crippen molar-refractivity contribution < 1.29 is 4.79 Å². The van der Waals surface area contributed by atoms with E-state index in [4.69, 9.17) is 5.73 Å². The Labute approximate surface area is 105 Å². The van der Waals surface area contributed by atoms with Crippen molar-refractivity contribution >= 4 is 21.8 Å². The highest BCUT2D eigenvalue weighted by Gasteiger charge is 2.17. The molecule has 3 nitrogen and oxygen atoms in total. The van der Waals surface area contributed by atoms with E-state index in [1.807, 2.05) is 24.3 Å². The minimum absolute atomic E-state index is 0.348. The lowest BCUT2D eigenvalue weighted by atomic mass is 10.1. The predicted molar refractivity (Wildman–Crippen MR) is 68.9 cm³/mol. The molecule has 0 fully saturated rings. The van der Waals surface area contributed by atoms with Crippen LogP contribution in [0.1, 0.15) is 25.5 Å². The molecular weight excluding hydrogens is 268 g/mol. The number of nitrogens with one attached hydrogen (secondary N) is 1. The van der Waals surface area contributed by atoms with Crippen LogP contribution in [0.3, 0.4) is 0 Å². The van der Waals surface area contributed by atoms with Gasteiger partial charge in [0.2, 0.25) is 5.91 Å². The maximum atomic E-state index is 11.4. The van der Waals surface area contributed by atoms with Crippen LogP contribution in [-0.2, 0) is 4.79 Å². The fourth-order valence-electron chi connectivity index (χ4n) is 1.42. The monoisotopic (exact) mass is 284 g/mol. The van der Waals surface area contributed by atoms with Crippen molar-refractivity contribution in [2.45, 2.75) is 19.9 Å². The second-order valence-corrected chi connectivity index (χ2v) is 5.11. The number of primary amides is 1. The van der Waals surface area contributed by atoms with Gasteiger partial charge in [-0.05, 0) is 30.2 Å². The van der Waals surface area contributed by atoms with Crippen molar-refractivity contribution in [3.8, 4) is 0 Å². The SMILES string of the molecule is CC(C)CNC(C(N)=O)c1cccc(Br)c1. The zero-order valence-electron chi connectivity index (χ0n) is 9.53. The van der Waals surface area contributed by atoms with Gasteiger partial charge in [-0.2, -0.15) is 0 Å². The molecule has 1 aromatic carbocycles. The Morgan fingerprint density at radius 2 is 2.19 bits per heavy atom. The average molecular weight is 285 g/mol. The number of hydrogen-bond donors (Lipinski definition) is 2. The van der Waals surface area contributed by atoms with Gasteiger partial charge in [-0.15, -0.1) is 0 Å². The molecule has 3 N–H and O–H groups in total. The number of carbonyl (C=O) groups excluding carboxylic acids is 1. The predicted octanol–water partition coefficient (Wildman–Crippen LogP) is 2.22. The summed E-state index contributed by atoms with van der Waals surface area (Å²) in [5.74, 6) is 0.132. The van der Waals surface area contributed by atoms with Crippen molar-refractivity contribution in [2.75, 3.05) is 6.54 Å². The smallest absolute Gasteiger partial charge is 0.239 e. The van der Waals surface area contributed by atoms with Crippen LogP contribution in [0.5, 0.6) is 0 Å². The van der Waals surface area contributed by atoms with Gasteiger partial charge in [-0.25, -0.2) is 0 Å². The van der Waals surface area contributed by atoms with Gasteiger partial charge < -0.3 is 11.1 Å². The fraction of sp³-hybridized carbons (Fsp3) is 0.417. The molecule has 0 heterocycles. The summed E-state index contributed by atoms with van der Waals surface area (Å²) in [6.45, 7) is 4.94. The Balaban J connectivity index is 2.81. The second-order valence-electron chi connectivity index (χ2n) is 4.19. The third-order valence-corrected chi connectivity index (χ3v) is 2.69. The first-order valence-electron chi connectivity index (χ1n) is 5.29. The summed E-state index contributed by atoms with van der Waals surface area (Å²) in [5, 5.41) is 3.17. The van der Waals surface area contributed by atoms with Gasteiger partial charge in [0.1, 0.15) is 6.04 Å². The molecule has 0 radical (unpaired) electrons. The molecular formula is C12H17BrN2O. The summed E-state index contributed by atoms with van der Waals surface area (Å²) in [5.41, 5.74) is 6.28. The van der Waals surface area contributed by atoms with E-state index in [0.29, 0.717) is 5.92 Å². The van der Waals surface area contributed by atoms with Crippen molar-refractivity contribution in [1.82, 2.24) is 5.32 Å². The van der Waals surface area contributed by atoms with Crippen LogP contribution in [0.15, 0.2) is 28.7 Å². The number of halogens is 1. The van der Waals surface area contributed by atoms with Crippen LogP contribution in [0, 0.1) is 5.92 Å². The molecule has 1 amide bonds. The second kappa shape index (κ2) is 6.01. The molecule has 88 valence electrons. The van der Waals surface area contributed by atoms with Gasteiger partial charge in [0.05, 0.1) is 0 Å². The van der Waals surface area contributed by atoms with E-state index >= 15 is 0 Å². The number of hydrogen-bond acceptors (Lipinski definition) is 2. The Bertz CT molecular complexity index is 366. The van der Waals surface area contributed by atoms with Gasteiger partial charge in [0.15, 0.2) is 0 Å². The zero-order chi connectivity index (χ0) is 12.1. The van der Waals surface area contributed by atoms with Gasteiger partial charge in [0.25, 0.3) is 0 Å². The molecule has 0 aromatic heterocycles. The molecule has 1 aromatic rings. The third kappa shape index (κ3) is 3.94. The lowest BCUT2D eigenvalue weighted by Crippen LogP contribution is -2.35. The molecule has 0 aliphatic carbocycles. The van der Waals surface area contributed by atoms with Crippen LogP contribution >= 0.6 is 15.9 Å². The first-order valence-corrected chi connectivity index (χ1v) is 6.08. The molecule has 1 atom stereocenters. The maximum absolute atomic E-state index is 11.4. The van der Waals surface area contributed by atoms with E-state index in [-0.39, 0.29) is 5.91 Å². The van der Waals surface area contributed by atoms with E-state index in [0.717, 1.165) is 16.6 Å². The largest absolute Gasteiger partial charge is 0.368 e. The molecule has 0 aliphatic heterocycles. The normalized spacial score (nSPS) is 12.8. The Morgan fingerprint density at radius 3 is 2.69 bits per heavy atom. The summed E-state index contributed by atoms with van der Waals surface area (Å²) >= 11 is 3.38. The Hall–Kier alpha value is -0.870. The quantitative estimate of drug-likeness (QED) is 0.871. The zero-order valence-corrected chi connectivity index (χ0v) is 11.1. The highest BCUT2D eigenvalue weighted by Crippen LogP contribution is 2.18. The number of rotatable bonds is 5. The molecule has 1 rings (SSSR count). The van der Waals surface area contributed by atoms with Gasteiger partial charge in [-0.3, -0.25) is 4.79 Å². The molecule has 0 saturated carbocycles. The summed E-state index contributed by atoms with van der Waals surface area (Å²) in [6, 6.07) is 7.20. The number of benzene rings is 1. The molecule has 16 heavy (non-hydrogen) atoms. The standard InChI is InChI=1S/C12H17BrN2O/c1-8(2)7-15-11(12(14)16)9-4-3-5-10(13)6-9/h3-6,8,11,15H,7H2,1-2H3,(H2,14,16). The number of carbonyl (C=O) groups is 1. The fourth-order valence-corrected chi connectivity index (χ4v) is 1.84. The Morgan fingerprint density at radius 1 is 1.50 bits per heavy atom. The summed E-state index contributed by atoms with van der Waals surface area (Å²) in [4.78, 5) is 11.4. The molecule has 0 saturated heterocycles. The van der Waals surface area contributed by atoms with E-state index in [2.05, 4.69) is 35.1 Å². The topological polar surface area (TPSA) is 55.1 Å². The third-order valence-electron chi connectivity index (χ3n) is 2.20. The highest BCUT2D eigenvalue weighted by molar-refractivity contribution is 9.10. The van der Waals surface area contributed by atoms with Crippen molar-refractivity contribution in [2.24, 2.45) is 11.7 Å². The maximum Gasteiger partial charge on any atom is 0.239 e. The lowest BCUT2D eigenvalue weighted by Gasteiger charge is -2.17. The van der Waals surface area contributed by atoms with Gasteiger partial charge in [-0.1, -0.05) is 41.9 Å². The molecule has 1 unspecified atom stereocenters. The molecule has 0 aliphatic rings. The minimum Gasteiger partial charge on any atom is -0.368 e. The van der Waals surface area contributed by atoms with Crippen LogP contribution < -0.4 is 11.1 Å². The molecule has 0 bridgehead atoms. The van der Waals surface area contributed by atoms with Crippen LogP contribution in [0.25, 0.3) is 0 Å². The minimum atomic E-state index is -0.417. The van der Waals surface area contributed by atoms with Crippen molar-refractivity contribution in [3.05, 3.63) is 34.3 Å². The van der Waals surface area contributed by atoms with E-state index in [1.54, 1.807) is 0 Å². The number of amides is 1. The Kier molecular flexibility index (Phi) is 4.96. The van der Waals surface area contributed by atoms with E-state index < -0.39 is 6.04 Å². The van der Waals surface area contributed by atoms with Crippen LogP contribution in [0.2, 0.25) is 0 Å². The van der Waals surface area contributed by atoms with Crippen molar-refractivity contribution in [1.29, 1.82) is 0 Å². The molecule has 4 heteroatoms. The molecule has 0 spiro atoms. The van der Waals surface area contributed by atoms with Gasteiger partial charge in [0, 0.05) is 4.47 Å². The highest BCUT2D eigenvalue weighted by atomic mass is 79.9. The average Bonchev–Trinajstić information content (AvgIpc) is 2.17. The van der Waals surface area contributed by atoms with Crippen LogP contribution in [-0.4, -0.2) is 12.5 Å². The van der Waals surface area contributed by atoms with Crippen LogP contribution in [0.4, 0.5) is 0 Å².